The SMILES string of the molecule is COC(=O)C1CC(CO[Si](C)(C)C(C)(C)C)=CCN(C(=O)OC(C)(C)C)C1. The molecular formula is C20H37NO5Si. The Morgan fingerprint density at radius 3 is 2.26 bits per heavy atom. The van der Waals surface area contributed by atoms with Crippen molar-refractivity contribution >= 4 is 20.4 Å². The summed E-state index contributed by atoms with van der Waals surface area (Å²) in [5.41, 5.74) is 0.448. The van der Waals surface area contributed by atoms with Crippen LogP contribution in [0.4, 0.5) is 4.79 Å². The molecule has 6 nitrogen and oxygen atoms in total. The number of carbonyl (C=O) groups is 2. The number of hydrogen-bond donors (Lipinski definition) is 0. The van der Waals surface area contributed by atoms with E-state index >= 15 is 0 Å². The first kappa shape index (κ1) is 23.7. The van der Waals surface area contributed by atoms with Crippen molar-refractivity contribution in [1.29, 1.82) is 0 Å². The van der Waals surface area contributed by atoms with Crippen molar-refractivity contribution in [3.8, 4) is 0 Å². The van der Waals surface area contributed by atoms with Gasteiger partial charge in [-0.15, -0.1) is 0 Å². The van der Waals surface area contributed by atoms with E-state index in [1.54, 1.807) is 4.90 Å². The van der Waals surface area contributed by atoms with Crippen molar-refractivity contribution < 1.29 is 23.5 Å². The highest BCUT2D eigenvalue weighted by Gasteiger charge is 2.38. The molecule has 7 heteroatoms. The van der Waals surface area contributed by atoms with Crippen LogP contribution in [0, 0.1) is 5.92 Å². The van der Waals surface area contributed by atoms with Gasteiger partial charge >= 0.3 is 12.1 Å². The summed E-state index contributed by atoms with van der Waals surface area (Å²) >= 11 is 0. The minimum Gasteiger partial charge on any atom is -0.469 e. The molecule has 1 rings (SSSR count). The van der Waals surface area contributed by atoms with Crippen molar-refractivity contribution in [1.82, 2.24) is 4.90 Å². The standard InChI is InChI=1S/C20H37NO5Si/c1-19(2,3)26-18(23)21-11-10-15(12-16(13-21)17(22)24-7)14-25-27(8,9)20(4,5)6/h10,16H,11-14H2,1-9H3. The Hall–Kier alpha value is -1.34. The molecule has 1 atom stereocenters. The lowest BCUT2D eigenvalue weighted by Crippen LogP contribution is -2.41. The Balaban J connectivity index is 2.93. The third-order valence-corrected chi connectivity index (χ3v) is 9.64. The molecule has 1 unspecified atom stereocenters. The van der Waals surface area contributed by atoms with E-state index in [4.69, 9.17) is 13.9 Å². The topological polar surface area (TPSA) is 65.1 Å². The van der Waals surface area contributed by atoms with Gasteiger partial charge in [0, 0.05) is 13.1 Å². The number of ether oxygens (including phenoxy) is 2. The summed E-state index contributed by atoms with van der Waals surface area (Å²) in [5.74, 6) is -0.733. The van der Waals surface area contributed by atoms with Gasteiger partial charge in [0.15, 0.2) is 8.32 Å². The molecule has 1 aliphatic heterocycles. The Bertz CT molecular complexity index is 572. The number of rotatable bonds is 4. The van der Waals surface area contributed by atoms with Crippen LogP contribution in [0.25, 0.3) is 0 Å². The van der Waals surface area contributed by atoms with Crippen LogP contribution in [0.3, 0.4) is 0 Å². The Morgan fingerprint density at radius 1 is 1.19 bits per heavy atom. The minimum absolute atomic E-state index is 0.114. The molecule has 1 heterocycles. The molecule has 0 fully saturated rings. The zero-order valence-electron chi connectivity index (χ0n) is 18.5. The van der Waals surface area contributed by atoms with Gasteiger partial charge in [-0.1, -0.05) is 26.8 Å². The van der Waals surface area contributed by atoms with E-state index in [1.165, 1.54) is 7.11 Å². The van der Waals surface area contributed by atoms with E-state index < -0.39 is 25.9 Å². The number of hydrogen-bond acceptors (Lipinski definition) is 5. The minimum atomic E-state index is -1.90. The molecule has 27 heavy (non-hydrogen) atoms. The summed E-state index contributed by atoms with van der Waals surface area (Å²) in [6.45, 7) is 17.6. The maximum absolute atomic E-state index is 12.5. The van der Waals surface area contributed by atoms with Gasteiger partial charge in [0.1, 0.15) is 5.60 Å². The molecule has 0 bridgehead atoms. The van der Waals surface area contributed by atoms with Crippen LogP contribution in [0.15, 0.2) is 11.6 Å². The maximum atomic E-state index is 12.5. The molecule has 156 valence electrons. The van der Waals surface area contributed by atoms with Crippen LogP contribution in [-0.2, 0) is 18.7 Å². The second-order valence-corrected chi connectivity index (χ2v) is 14.5. The van der Waals surface area contributed by atoms with Gasteiger partial charge in [0.05, 0.1) is 19.6 Å². The summed E-state index contributed by atoms with van der Waals surface area (Å²) in [4.78, 5) is 26.3. The smallest absolute Gasteiger partial charge is 0.410 e. The van der Waals surface area contributed by atoms with Gasteiger partial charge in [-0.3, -0.25) is 4.79 Å². The molecule has 1 aliphatic rings. The van der Waals surface area contributed by atoms with Crippen LogP contribution >= 0.6 is 0 Å². The van der Waals surface area contributed by atoms with Gasteiger partial charge in [-0.05, 0) is 50.9 Å². The quantitative estimate of drug-likeness (QED) is 0.399. The Kier molecular flexibility index (Phi) is 7.70. The fourth-order valence-electron chi connectivity index (χ4n) is 2.45. The van der Waals surface area contributed by atoms with E-state index in [9.17, 15) is 9.59 Å². The van der Waals surface area contributed by atoms with Crippen LogP contribution in [0.1, 0.15) is 48.0 Å². The largest absolute Gasteiger partial charge is 0.469 e. The highest BCUT2D eigenvalue weighted by molar-refractivity contribution is 6.74. The van der Waals surface area contributed by atoms with Crippen molar-refractivity contribution in [2.75, 3.05) is 26.8 Å². The Morgan fingerprint density at radius 2 is 1.78 bits per heavy atom. The number of esters is 1. The fourth-order valence-corrected chi connectivity index (χ4v) is 3.43. The zero-order valence-corrected chi connectivity index (χ0v) is 19.5. The van der Waals surface area contributed by atoms with Crippen LogP contribution in [-0.4, -0.2) is 57.7 Å². The predicted octanol–water partition coefficient (Wildman–Crippen LogP) is 4.36. The van der Waals surface area contributed by atoms with Crippen molar-refractivity contribution in [2.45, 2.75) is 71.7 Å². The highest BCUT2D eigenvalue weighted by Crippen LogP contribution is 2.37. The van der Waals surface area contributed by atoms with E-state index in [1.807, 2.05) is 26.8 Å². The Labute approximate surface area is 165 Å². The number of amides is 1. The first-order valence-corrected chi connectivity index (χ1v) is 12.4. The van der Waals surface area contributed by atoms with Crippen LogP contribution in [0.2, 0.25) is 18.1 Å². The molecule has 0 spiro atoms. The fraction of sp³-hybridized carbons (Fsp3) is 0.800. The third-order valence-electron chi connectivity index (χ3n) is 5.16. The third kappa shape index (κ3) is 7.29. The molecule has 0 saturated heterocycles. The molecule has 0 radical (unpaired) electrons. The molecule has 1 amide bonds. The van der Waals surface area contributed by atoms with Crippen LogP contribution < -0.4 is 0 Å². The lowest BCUT2D eigenvalue weighted by atomic mass is 10.0. The van der Waals surface area contributed by atoms with E-state index in [0.29, 0.717) is 19.6 Å². The monoisotopic (exact) mass is 399 g/mol. The van der Waals surface area contributed by atoms with Crippen LogP contribution in [0.5, 0.6) is 0 Å². The first-order chi connectivity index (χ1) is 12.2. The van der Waals surface area contributed by atoms with Gasteiger partial charge in [-0.25, -0.2) is 4.79 Å². The predicted molar refractivity (Wildman–Crippen MR) is 109 cm³/mol. The molecule has 0 aromatic heterocycles. The molecule has 0 aromatic carbocycles. The average molecular weight is 400 g/mol. The number of carbonyl (C=O) groups excluding carboxylic acids is 2. The lowest BCUT2D eigenvalue weighted by Gasteiger charge is -2.36. The van der Waals surface area contributed by atoms with Gasteiger partial charge in [0.2, 0.25) is 0 Å². The highest BCUT2D eigenvalue weighted by atomic mass is 28.4. The first-order valence-electron chi connectivity index (χ1n) is 9.54. The normalized spacial score (nSPS) is 19.2. The van der Waals surface area contributed by atoms with Gasteiger partial charge in [0.25, 0.3) is 0 Å². The number of nitrogens with zero attached hydrogens (tertiary/aromatic N) is 1. The zero-order chi connectivity index (χ0) is 21.0. The van der Waals surface area contributed by atoms with E-state index in [-0.39, 0.29) is 17.6 Å². The molecular weight excluding hydrogens is 362 g/mol. The molecule has 0 aliphatic carbocycles. The van der Waals surface area contributed by atoms with E-state index in [2.05, 4.69) is 33.9 Å². The van der Waals surface area contributed by atoms with Crippen molar-refractivity contribution in [3.63, 3.8) is 0 Å². The second kappa shape index (κ2) is 8.77. The van der Waals surface area contributed by atoms with Gasteiger partial charge in [-0.2, -0.15) is 0 Å². The maximum Gasteiger partial charge on any atom is 0.410 e. The average Bonchev–Trinajstić information content (AvgIpc) is 2.72. The summed E-state index contributed by atoms with van der Waals surface area (Å²) < 4.78 is 16.7. The summed E-state index contributed by atoms with van der Waals surface area (Å²) in [6, 6.07) is 0. The lowest BCUT2D eigenvalue weighted by molar-refractivity contribution is -0.145. The molecule has 0 saturated carbocycles. The van der Waals surface area contributed by atoms with Crippen molar-refractivity contribution in [2.24, 2.45) is 5.92 Å². The summed E-state index contributed by atoms with van der Waals surface area (Å²) in [5, 5.41) is 0.114. The molecule has 0 aromatic rings. The summed E-state index contributed by atoms with van der Waals surface area (Å²) in [7, 11) is -0.520. The second-order valence-electron chi connectivity index (χ2n) is 9.72. The molecule has 0 N–H and O–H groups in total. The van der Waals surface area contributed by atoms with Crippen molar-refractivity contribution in [3.05, 3.63) is 11.6 Å². The van der Waals surface area contributed by atoms with Gasteiger partial charge < -0.3 is 18.8 Å². The summed E-state index contributed by atoms with van der Waals surface area (Å²) in [6.07, 6.45) is 2.10. The number of methoxy groups -OCH3 is 1. The van der Waals surface area contributed by atoms with E-state index in [0.717, 1.165) is 5.57 Å².